The highest BCUT2D eigenvalue weighted by Gasteiger charge is 2.52. The highest BCUT2D eigenvalue weighted by Crippen LogP contribution is 2.59. The maximum absolute atomic E-state index is 12.2. The molecule has 0 N–H and O–H groups in total. The Morgan fingerprint density at radius 2 is 2.21 bits per heavy atom. The van der Waals surface area contributed by atoms with Crippen LogP contribution in [0.1, 0.15) is 40.0 Å². The van der Waals surface area contributed by atoms with Gasteiger partial charge in [0.1, 0.15) is 6.61 Å². The quantitative estimate of drug-likeness (QED) is 0.574. The van der Waals surface area contributed by atoms with Gasteiger partial charge in [0.15, 0.2) is 0 Å². The van der Waals surface area contributed by atoms with Crippen molar-refractivity contribution in [3.05, 3.63) is 11.6 Å². The van der Waals surface area contributed by atoms with Crippen molar-refractivity contribution in [3.8, 4) is 0 Å². The summed E-state index contributed by atoms with van der Waals surface area (Å²) in [5.41, 5.74) is 1.29. The molecule has 0 aromatic rings. The standard InChI is InChI=1S/C15H22O3S/c1-4-13(16)18-7-8-19-14(17)11-6-5-10-9-12(11)15(10,2)3/h6,10,12H,4-5,7-9H2,1-3H3/t10-,12-/m1/s1. The first kappa shape index (κ1) is 14.6. The van der Waals surface area contributed by atoms with Gasteiger partial charge in [-0.1, -0.05) is 38.6 Å². The molecule has 0 radical (unpaired) electrons. The van der Waals surface area contributed by atoms with Crippen LogP contribution in [-0.4, -0.2) is 23.4 Å². The zero-order valence-corrected chi connectivity index (χ0v) is 12.7. The summed E-state index contributed by atoms with van der Waals surface area (Å²) < 4.78 is 4.98. The van der Waals surface area contributed by atoms with E-state index < -0.39 is 0 Å². The Morgan fingerprint density at radius 1 is 1.47 bits per heavy atom. The van der Waals surface area contributed by atoms with Gasteiger partial charge in [-0.15, -0.1) is 0 Å². The maximum Gasteiger partial charge on any atom is 0.305 e. The number of carbonyl (C=O) groups is 2. The van der Waals surface area contributed by atoms with Crippen LogP contribution < -0.4 is 0 Å². The van der Waals surface area contributed by atoms with E-state index in [2.05, 4.69) is 19.9 Å². The highest BCUT2D eigenvalue weighted by atomic mass is 32.2. The van der Waals surface area contributed by atoms with Crippen LogP contribution in [0.25, 0.3) is 0 Å². The molecule has 2 bridgehead atoms. The molecule has 1 fully saturated rings. The number of carbonyl (C=O) groups excluding carboxylic acids is 2. The third-order valence-electron chi connectivity index (χ3n) is 4.57. The van der Waals surface area contributed by atoms with Gasteiger partial charge in [0, 0.05) is 17.7 Å². The molecule has 1 saturated carbocycles. The maximum atomic E-state index is 12.2. The van der Waals surface area contributed by atoms with E-state index in [-0.39, 0.29) is 16.5 Å². The average molecular weight is 282 g/mol. The smallest absolute Gasteiger partial charge is 0.305 e. The van der Waals surface area contributed by atoms with Gasteiger partial charge in [-0.3, -0.25) is 9.59 Å². The van der Waals surface area contributed by atoms with Crippen LogP contribution in [0, 0.1) is 17.3 Å². The minimum atomic E-state index is -0.201. The highest BCUT2D eigenvalue weighted by molar-refractivity contribution is 8.14. The molecule has 0 aliphatic heterocycles. The van der Waals surface area contributed by atoms with Crippen LogP contribution in [0.15, 0.2) is 11.6 Å². The fourth-order valence-electron chi connectivity index (χ4n) is 3.06. The summed E-state index contributed by atoms with van der Waals surface area (Å²) in [5, 5.41) is 0.170. The predicted octanol–water partition coefficient (Wildman–Crippen LogP) is 3.19. The largest absolute Gasteiger partial charge is 0.465 e. The fourth-order valence-corrected chi connectivity index (χ4v) is 3.80. The van der Waals surface area contributed by atoms with Gasteiger partial charge >= 0.3 is 5.97 Å². The molecule has 3 rings (SSSR count). The van der Waals surface area contributed by atoms with Crippen LogP contribution in [0.3, 0.4) is 0 Å². The molecule has 3 aliphatic rings. The van der Waals surface area contributed by atoms with Crippen molar-refractivity contribution >= 4 is 22.8 Å². The predicted molar refractivity (Wildman–Crippen MR) is 76.8 cm³/mol. The van der Waals surface area contributed by atoms with Gasteiger partial charge < -0.3 is 4.74 Å². The molecule has 0 spiro atoms. The lowest BCUT2D eigenvalue weighted by atomic mass is 9.49. The molecule has 3 nitrogen and oxygen atoms in total. The SMILES string of the molecule is CCC(=O)OCCSC(=O)C1=CC[C@@H]2C[C@H]1C2(C)C. The van der Waals surface area contributed by atoms with Crippen molar-refractivity contribution < 1.29 is 14.3 Å². The molecule has 19 heavy (non-hydrogen) atoms. The monoisotopic (exact) mass is 282 g/mol. The van der Waals surface area contributed by atoms with Crippen molar-refractivity contribution in [2.45, 2.75) is 40.0 Å². The number of allylic oxidation sites excluding steroid dienone is 1. The Labute approximate surface area is 119 Å². The first-order chi connectivity index (χ1) is 8.96. The molecule has 106 valence electrons. The zero-order chi connectivity index (χ0) is 14.0. The molecule has 0 saturated heterocycles. The first-order valence-electron chi connectivity index (χ1n) is 6.99. The van der Waals surface area contributed by atoms with E-state index in [1.807, 2.05) is 0 Å². The van der Waals surface area contributed by atoms with Gasteiger partial charge in [-0.25, -0.2) is 0 Å². The van der Waals surface area contributed by atoms with E-state index in [9.17, 15) is 9.59 Å². The van der Waals surface area contributed by atoms with Crippen molar-refractivity contribution in [2.24, 2.45) is 17.3 Å². The number of thioether (sulfide) groups is 1. The van der Waals surface area contributed by atoms with E-state index in [0.717, 1.165) is 24.3 Å². The second-order valence-electron chi connectivity index (χ2n) is 5.91. The molecule has 0 amide bonds. The van der Waals surface area contributed by atoms with Crippen LogP contribution in [0.2, 0.25) is 0 Å². The van der Waals surface area contributed by atoms with E-state index >= 15 is 0 Å². The minimum absolute atomic E-state index is 0.170. The topological polar surface area (TPSA) is 43.4 Å². The van der Waals surface area contributed by atoms with Crippen molar-refractivity contribution in [1.29, 1.82) is 0 Å². The van der Waals surface area contributed by atoms with E-state index in [4.69, 9.17) is 4.74 Å². The number of esters is 1. The van der Waals surface area contributed by atoms with E-state index in [1.54, 1.807) is 6.92 Å². The van der Waals surface area contributed by atoms with Gasteiger partial charge in [-0.2, -0.15) is 0 Å². The number of hydrogen-bond donors (Lipinski definition) is 0. The van der Waals surface area contributed by atoms with Crippen molar-refractivity contribution in [1.82, 2.24) is 0 Å². The Balaban J connectivity index is 1.78. The fraction of sp³-hybridized carbons (Fsp3) is 0.733. The van der Waals surface area contributed by atoms with Crippen LogP contribution in [0.4, 0.5) is 0 Å². The Morgan fingerprint density at radius 3 is 2.79 bits per heavy atom. The Kier molecular flexibility index (Phi) is 4.39. The van der Waals surface area contributed by atoms with Gasteiger partial charge in [0.2, 0.25) is 5.12 Å². The van der Waals surface area contributed by atoms with Crippen LogP contribution in [0.5, 0.6) is 0 Å². The zero-order valence-electron chi connectivity index (χ0n) is 11.9. The molecular formula is C15H22O3S. The summed E-state index contributed by atoms with van der Waals surface area (Å²) in [4.78, 5) is 23.2. The molecule has 3 aliphatic carbocycles. The molecule has 0 unspecified atom stereocenters. The third kappa shape index (κ3) is 2.88. The summed E-state index contributed by atoms with van der Waals surface area (Å²) >= 11 is 1.28. The number of fused-ring (bicyclic) bond motifs is 1. The van der Waals surface area contributed by atoms with E-state index in [0.29, 0.717) is 24.7 Å². The van der Waals surface area contributed by atoms with Crippen molar-refractivity contribution in [3.63, 3.8) is 0 Å². The summed E-state index contributed by atoms with van der Waals surface area (Å²) in [5.74, 6) is 1.54. The normalized spacial score (nSPS) is 27.2. The van der Waals surface area contributed by atoms with Gasteiger partial charge in [0.05, 0.1) is 0 Å². The summed E-state index contributed by atoms with van der Waals surface area (Å²) in [7, 11) is 0. The van der Waals surface area contributed by atoms with Crippen LogP contribution >= 0.6 is 11.8 Å². The Bertz CT molecular complexity index is 412. The van der Waals surface area contributed by atoms with Crippen molar-refractivity contribution in [2.75, 3.05) is 12.4 Å². The summed E-state index contributed by atoms with van der Waals surface area (Å²) in [6, 6.07) is 0. The average Bonchev–Trinajstić information content (AvgIpc) is 2.42. The number of ether oxygens (including phenoxy) is 1. The molecule has 2 atom stereocenters. The van der Waals surface area contributed by atoms with Gasteiger partial charge in [-0.05, 0) is 30.1 Å². The summed E-state index contributed by atoms with van der Waals surface area (Å²) in [6.45, 7) is 6.62. The van der Waals surface area contributed by atoms with Gasteiger partial charge in [0.25, 0.3) is 0 Å². The molecule has 0 heterocycles. The van der Waals surface area contributed by atoms with E-state index in [1.165, 1.54) is 11.8 Å². The second-order valence-corrected chi connectivity index (χ2v) is 6.98. The molecule has 0 aromatic carbocycles. The lowest BCUT2D eigenvalue weighted by molar-refractivity contribution is -0.142. The number of hydrogen-bond acceptors (Lipinski definition) is 4. The minimum Gasteiger partial charge on any atom is -0.465 e. The summed E-state index contributed by atoms with van der Waals surface area (Å²) in [6.07, 6.45) is 4.71. The second kappa shape index (κ2) is 5.70. The number of rotatable bonds is 5. The third-order valence-corrected chi connectivity index (χ3v) is 5.44. The lowest BCUT2D eigenvalue weighted by Gasteiger charge is -2.55. The molecule has 0 aromatic heterocycles. The lowest BCUT2D eigenvalue weighted by Crippen LogP contribution is -2.49. The van der Waals surface area contributed by atoms with Crippen LogP contribution in [-0.2, 0) is 14.3 Å². The first-order valence-corrected chi connectivity index (χ1v) is 7.98. The molecule has 4 heteroatoms. The molecular weight excluding hydrogens is 260 g/mol. The Hall–Kier alpha value is -0.770.